The van der Waals surface area contributed by atoms with Crippen LogP contribution in [0.1, 0.15) is 0 Å². The molecule has 11 heavy (non-hydrogen) atoms. The van der Waals surface area contributed by atoms with Crippen molar-refractivity contribution < 1.29 is 0 Å². The molecule has 0 aromatic carbocycles. The Bertz CT molecular complexity index is 107. The van der Waals surface area contributed by atoms with E-state index in [1.165, 1.54) is 18.8 Å². The molecule has 0 aliphatic heterocycles. The van der Waals surface area contributed by atoms with Crippen molar-refractivity contribution in [1.29, 1.82) is 0 Å². The Labute approximate surface area is 74.1 Å². The fraction of sp³-hybridized carbons (Fsp3) is 0.750. The average molecular weight is 187 g/mol. The van der Waals surface area contributed by atoms with Crippen LogP contribution in [0.15, 0.2) is 12.3 Å². The smallest absolute Gasteiger partial charge is 0.0601 e. The normalized spacial score (nSPS) is 12.6. The summed E-state index contributed by atoms with van der Waals surface area (Å²) in [7, 11) is -0.764. The lowest BCUT2D eigenvalue weighted by atomic mass is 10.8. The Morgan fingerprint density at radius 2 is 2.09 bits per heavy atom. The summed E-state index contributed by atoms with van der Waals surface area (Å²) in [5.41, 5.74) is 2.10. The molecule has 0 fully saturated rings. The minimum atomic E-state index is -0.790. The standard InChI is InChI=1S/C8H21NSi2/c1-5-10-8-9-6-7-11(2,3)4/h5,9H,1,6-8,10H2,2-4H3. The Balaban J connectivity index is 3.08. The highest BCUT2D eigenvalue weighted by atomic mass is 28.3. The molecule has 0 unspecified atom stereocenters. The van der Waals surface area contributed by atoms with Crippen LogP contribution >= 0.6 is 0 Å². The fourth-order valence-corrected chi connectivity index (χ4v) is 2.38. The van der Waals surface area contributed by atoms with Crippen LogP contribution in [0.5, 0.6) is 0 Å². The largest absolute Gasteiger partial charge is 0.320 e. The molecule has 0 spiro atoms. The molecule has 0 aromatic rings. The molecule has 0 aliphatic carbocycles. The van der Waals surface area contributed by atoms with Gasteiger partial charge in [-0.05, 0) is 18.8 Å². The van der Waals surface area contributed by atoms with Crippen molar-refractivity contribution in [2.24, 2.45) is 0 Å². The highest BCUT2D eigenvalue weighted by Gasteiger charge is 2.10. The van der Waals surface area contributed by atoms with E-state index in [0.717, 1.165) is 0 Å². The first-order chi connectivity index (χ1) is 5.06. The zero-order valence-corrected chi connectivity index (χ0v) is 10.5. The van der Waals surface area contributed by atoms with E-state index in [9.17, 15) is 0 Å². The van der Waals surface area contributed by atoms with Gasteiger partial charge in [-0.15, -0.1) is 12.3 Å². The summed E-state index contributed by atoms with van der Waals surface area (Å²) in [6, 6.07) is 1.40. The lowest BCUT2D eigenvalue weighted by Crippen LogP contribution is -2.29. The van der Waals surface area contributed by atoms with E-state index in [2.05, 4.69) is 37.2 Å². The summed E-state index contributed by atoms with van der Waals surface area (Å²) < 4.78 is 0. The maximum Gasteiger partial charge on any atom is 0.0601 e. The molecule has 0 atom stereocenters. The molecule has 0 aliphatic rings. The minimum absolute atomic E-state index is 0.0258. The topological polar surface area (TPSA) is 12.0 Å². The number of nitrogens with one attached hydrogen (secondary N) is 1. The molecule has 0 bridgehead atoms. The van der Waals surface area contributed by atoms with Gasteiger partial charge in [0.25, 0.3) is 0 Å². The summed E-state index contributed by atoms with van der Waals surface area (Å²) in [6.07, 6.45) is 1.23. The Morgan fingerprint density at radius 1 is 1.45 bits per heavy atom. The number of hydrogen-bond acceptors (Lipinski definition) is 1. The van der Waals surface area contributed by atoms with Crippen molar-refractivity contribution in [2.75, 3.05) is 12.7 Å². The third-order valence-corrected chi connectivity index (χ3v) is 4.38. The molecule has 0 radical (unpaired) electrons. The molecule has 0 amide bonds. The van der Waals surface area contributed by atoms with E-state index in [4.69, 9.17) is 0 Å². The minimum Gasteiger partial charge on any atom is -0.320 e. The molecule has 1 N–H and O–H groups in total. The zero-order valence-electron chi connectivity index (χ0n) is 8.11. The van der Waals surface area contributed by atoms with Gasteiger partial charge in [-0.1, -0.05) is 19.6 Å². The number of hydrogen-bond donors (Lipinski definition) is 1. The van der Waals surface area contributed by atoms with E-state index < -0.39 is 8.07 Å². The van der Waals surface area contributed by atoms with Crippen LogP contribution in [0, 0.1) is 0 Å². The highest BCUT2D eigenvalue weighted by Crippen LogP contribution is 2.05. The van der Waals surface area contributed by atoms with E-state index >= 15 is 0 Å². The quantitative estimate of drug-likeness (QED) is 0.486. The summed E-state index contributed by atoms with van der Waals surface area (Å²) in [5, 5.41) is 3.47. The first kappa shape index (κ1) is 11.1. The summed E-state index contributed by atoms with van der Waals surface area (Å²) in [6.45, 7) is 12.2. The highest BCUT2D eigenvalue weighted by molar-refractivity contribution is 6.76. The van der Waals surface area contributed by atoms with Gasteiger partial charge < -0.3 is 5.32 Å². The Hall–Kier alpha value is 0.134. The summed E-state index contributed by atoms with van der Waals surface area (Å²) >= 11 is 0. The maximum atomic E-state index is 3.74. The first-order valence-corrected chi connectivity index (χ1v) is 9.90. The van der Waals surface area contributed by atoms with E-state index in [-0.39, 0.29) is 9.52 Å². The van der Waals surface area contributed by atoms with Crippen LogP contribution in [-0.2, 0) is 0 Å². The van der Waals surface area contributed by atoms with E-state index in [0.29, 0.717) is 0 Å². The van der Waals surface area contributed by atoms with Crippen molar-refractivity contribution in [1.82, 2.24) is 5.32 Å². The molecule has 0 aromatic heterocycles. The second kappa shape index (κ2) is 5.74. The molecule has 0 saturated carbocycles. The molecular formula is C8H21NSi2. The van der Waals surface area contributed by atoms with Gasteiger partial charge in [0.15, 0.2) is 0 Å². The third-order valence-electron chi connectivity index (χ3n) is 1.58. The van der Waals surface area contributed by atoms with Crippen molar-refractivity contribution in [2.45, 2.75) is 25.7 Å². The molecule has 0 saturated heterocycles. The lowest BCUT2D eigenvalue weighted by molar-refractivity contribution is 0.820. The Kier molecular flexibility index (Phi) is 5.81. The van der Waals surface area contributed by atoms with Crippen LogP contribution in [0.4, 0.5) is 0 Å². The maximum absolute atomic E-state index is 3.74. The fourth-order valence-electron chi connectivity index (χ4n) is 0.793. The van der Waals surface area contributed by atoms with Gasteiger partial charge in [-0.3, -0.25) is 0 Å². The monoisotopic (exact) mass is 187 g/mol. The Morgan fingerprint density at radius 3 is 2.55 bits per heavy atom. The zero-order chi connectivity index (χ0) is 8.74. The molecule has 3 heteroatoms. The van der Waals surface area contributed by atoms with Crippen molar-refractivity contribution >= 4 is 17.6 Å². The molecule has 1 nitrogen and oxygen atoms in total. The summed E-state index contributed by atoms with van der Waals surface area (Å²) in [5.74, 6) is 0. The van der Waals surface area contributed by atoms with Gasteiger partial charge in [-0.25, -0.2) is 0 Å². The van der Waals surface area contributed by atoms with Crippen molar-refractivity contribution in [3.8, 4) is 0 Å². The van der Waals surface area contributed by atoms with Gasteiger partial charge in [-0.2, -0.15) is 0 Å². The van der Waals surface area contributed by atoms with Crippen LogP contribution in [-0.4, -0.2) is 30.3 Å². The van der Waals surface area contributed by atoms with Crippen LogP contribution in [0.25, 0.3) is 0 Å². The van der Waals surface area contributed by atoms with Gasteiger partial charge in [0.05, 0.1) is 9.52 Å². The van der Waals surface area contributed by atoms with E-state index in [1.54, 1.807) is 0 Å². The van der Waals surface area contributed by atoms with Crippen molar-refractivity contribution in [3.05, 3.63) is 12.3 Å². The molecule has 0 heterocycles. The lowest BCUT2D eigenvalue weighted by Gasteiger charge is -2.15. The van der Waals surface area contributed by atoms with Gasteiger partial charge >= 0.3 is 0 Å². The van der Waals surface area contributed by atoms with Crippen molar-refractivity contribution in [3.63, 3.8) is 0 Å². The number of rotatable bonds is 6. The first-order valence-electron chi connectivity index (χ1n) is 4.38. The average Bonchev–Trinajstić information content (AvgIpc) is 1.85. The molecular weight excluding hydrogens is 166 g/mol. The predicted molar refractivity (Wildman–Crippen MR) is 59.8 cm³/mol. The van der Waals surface area contributed by atoms with Gasteiger partial charge in [0, 0.05) is 8.07 Å². The van der Waals surface area contributed by atoms with Crippen LogP contribution < -0.4 is 5.32 Å². The third kappa shape index (κ3) is 10.1. The second-order valence-corrected chi connectivity index (χ2v) is 11.4. The summed E-state index contributed by atoms with van der Waals surface area (Å²) in [4.78, 5) is 0. The van der Waals surface area contributed by atoms with Crippen LogP contribution in [0.2, 0.25) is 25.7 Å². The van der Waals surface area contributed by atoms with E-state index in [1.807, 2.05) is 0 Å². The van der Waals surface area contributed by atoms with Crippen LogP contribution in [0.3, 0.4) is 0 Å². The second-order valence-electron chi connectivity index (χ2n) is 4.14. The van der Waals surface area contributed by atoms with Gasteiger partial charge in [0.2, 0.25) is 0 Å². The van der Waals surface area contributed by atoms with Gasteiger partial charge in [0.1, 0.15) is 0 Å². The predicted octanol–water partition coefficient (Wildman–Crippen LogP) is 1.18. The SMILES string of the molecule is C=C[SiH2]CNCC[Si](C)(C)C. The molecule has 0 rings (SSSR count). The molecule has 66 valence electrons.